The zero-order chi connectivity index (χ0) is 16.7. The van der Waals surface area contributed by atoms with Gasteiger partial charge in [-0.3, -0.25) is 9.59 Å². The van der Waals surface area contributed by atoms with E-state index in [1.54, 1.807) is 25.1 Å². The summed E-state index contributed by atoms with van der Waals surface area (Å²) in [5.41, 5.74) is 1.22. The highest BCUT2D eigenvalue weighted by molar-refractivity contribution is 9.10. The van der Waals surface area contributed by atoms with E-state index in [2.05, 4.69) is 15.9 Å². The van der Waals surface area contributed by atoms with E-state index >= 15 is 0 Å². The Hall–Kier alpha value is -1.36. The molecule has 1 aliphatic rings. The molecular formula is C17H12BrCl2NO2. The van der Waals surface area contributed by atoms with Gasteiger partial charge in [-0.2, -0.15) is 0 Å². The fraction of sp³-hybridized carbons (Fsp3) is 0.176. The van der Waals surface area contributed by atoms with E-state index in [-0.39, 0.29) is 11.8 Å². The molecular weight excluding hydrogens is 401 g/mol. The summed E-state index contributed by atoms with van der Waals surface area (Å²) in [4.78, 5) is 26.6. The van der Waals surface area contributed by atoms with Crippen molar-refractivity contribution in [3.05, 3.63) is 62.5 Å². The third-order valence-electron chi connectivity index (χ3n) is 3.93. The average Bonchev–Trinajstić information content (AvgIpc) is 2.69. The van der Waals surface area contributed by atoms with Crippen molar-refractivity contribution >= 4 is 56.6 Å². The number of carbonyl (C=O) groups is 2. The molecule has 1 fully saturated rings. The molecule has 0 bridgehead atoms. The molecule has 2 atom stereocenters. The molecule has 1 aliphatic heterocycles. The van der Waals surface area contributed by atoms with Gasteiger partial charge in [0.05, 0.1) is 17.5 Å². The number of nitrogens with zero attached hydrogens (tertiary/aromatic N) is 1. The fourth-order valence-corrected chi connectivity index (χ4v) is 3.61. The minimum absolute atomic E-state index is 0.249. The van der Waals surface area contributed by atoms with Gasteiger partial charge in [-0.15, -0.1) is 0 Å². The molecule has 0 spiro atoms. The zero-order valence-electron chi connectivity index (χ0n) is 12.1. The first-order valence-electron chi connectivity index (χ1n) is 6.98. The van der Waals surface area contributed by atoms with Gasteiger partial charge in [0.25, 0.3) is 0 Å². The second kappa shape index (κ2) is 6.27. The van der Waals surface area contributed by atoms with Crippen LogP contribution in [0.5, 0.6) is 0 Å². The minimum Gasteiger partial charge on any atom is -0.274 e. The average molecular weight is 413 g/mol. The van der Waals surface area contributed by atoms with Gasteiger partial charge in [0.2, 0.25) is 11.8 Å². The zero-order valence-corrected chi connectivity index (χ0v) is 15.2. The maximum absolute atomic E-state index is 12.8. The topological polar surface area (TPSA) is 37.4 Å². The van der Waals surface area contributed by atoms with Crippen LogP contribution in [0.1, 0.15) is 18.4 Å². The van der Waals surface area contributed by atoms with Crippen LogP contribution in [0.25, 0.3) is 0 Å². The SMILES string of the molecule is CC1C(=O)N(c2cc(Cl)cc(Cl)c2)C(=O)[C@H]1c1ccc(Br)cc1. The highest BCUT2D eigenvalue weighted by atomic mass is 79.9. The summed E-state index contributed by atoms with van der Waals surface area (Å²) in [6.07, 6.45) is 0. The Balaban J connectivity index is 2.02. The lowest BCUT2D eigenvalue weighted by Gasteiger charge is -2.16. The molecule has 6 heteroatoms. The number of amides is 2. The summed E-state index contributed by atoms with van der Waals surface area (Å²) in [7, 11) is 0. The summed E-state index contributed by atoms with van der Waals surface area (Å²) in [5.74, 6) is -1.46. The third kappa shape index (κ3) is 3.03. The standard InChI is InChI=1S/C17H12BrCl2NO2/c1-9-15(10-2-4-11(18)5-3-10)17(23)21(16(9)22)14-7-12(19)6-13(20)8-14/h2-9,15H,1H3/t9?,15-/m1/s1. The van der Waals surface area contributed by atoms with Crippen molar-refractivity contribution in [3.8, 4) is 0 Å². The van der Waals surface area contributed by atoms with Crippen LogP contribution in [0.15, 0.2) is 46.9 Å². The molecule has 0 aliphatic carbocycles. The Morgan fingerprint density at radius 3 is 2.09 bits per heavy atom. The van der Waals surface area contributed by atoms with Crippen LogP contribution >= 0.6 is 39.1 Å². The molecule has 1 saturated heterocycles. The third-order valence-corrected chi connectivity index (χ3v) is 4.90. The van der Waals surface area contributed by atoms with E-state index in [0.717, 1.165) is 10.0 Å². The Bertz CT molecular complexity index is 771. The number of hydrogen-bond acceptors (Lipinski definition) is 2. The van der Waals surface area contributed by atoms with Crippen LogP contribution < -0.4 is 4.90 Å². The minimum atomic E-state index is -0.506. The number of imide groups is 1. The molecule has 2 aromatic carbocycles. The van der Waals surface area contributed by atoms with Crippen molar-refractivity contribution in [2.75, 3.05) is 4.90 Å². The second-order valence-electron chi connectivity index (χ2n) is 5.46. The van der Waals surface area contributed by atoms with Gasteiger partial charge in [0.1, 0.15) is 0 Å². The monoisotopic (exact) mass is 411 g/mol. The first kappa shape index (κ1) is 16.5. The van der Waals surface area contributed by atoms with Crippen LogP contribution in [0.2, 0.25) is 10.0 Å². The molecule has 3 nitrogen and oxygen atoms in total. The summed E-state index contributed by atoms with van der Waals surface area (Å²) < 4.78 is 0.921. The van der Waals surface area contributed by atoms with E-state index in [1.807, 2.05) is 24.3 Å². The summed E-state index contributed by atoms with van der Waals surface area (Å²) in [6.45, 7) is 1.76. The maximum atomic E-state index is 12.8. The van der Waals surface area contributed by atoms with Crippen molar-refractivity contribution < 1.29 is 9.59 Å². The smallest absolute Gasteiger partial charge is 0.242 e. The molecule has 0 aromatic heterocycles. The summed E-state index contributed by atoms with van der Waals surface area (Å²) in [5, 5.41) is 0.765. The van der Waals surface area contributed by atoms with Gasteiger partial charge in [-0.05, 0) is 35.9 Å². The van der Waals surface area contributed by atoms with Crippen molar-refractivity contribution in [1.82, 2.24) is 0 Å². The van der Waals surface area contributed by atoms with Crippen LogP contribution in [0, 0.1) is 5.92 Å². The molecule has 0 radical (unpaired) electrons. The quantitative estimate of drug-likeness (QED) is 0.647. The van der Waals surface area contributed by atoms with Gasteiger partial charge in [-0.1, -0.05) is 58.2 Å². The molecule has 1 unspecified atom stereocenters. The Morgan fingerprint density at radius 1 is 0.957 bits per heavy atom. The Kier molecular flexibility index (Phi) is 4.50. The van der Waals surface area contributed by atoms with Crippen LogP contribution in [-0.2, 0) is 9.59 Å². The second-order valence-corrected chi connectivity index (χ2v) is 7.25. The van der Waals surface area contributed by atoms with Crippen molar-refractivity contribution in [1.29, 1.82) is 0 Å². The molecule has 2 amide bonds. The molecule has 23 heavy (non-hydrogen) atoms. The predicted octanol–water partition coefficient (Wildman–Crippen LogP) is 5.05. The first-order valence-corrected chi connectivity index (χ1v) is 8.53. The number of halogens is 3. The number of rotatable bonds is 2. The lowest BCUT2D eigenvalue weighted by molar-refractivity contribution is -0.122. The Labute approximate surface area is 152 Å². The van der Waals surface area contributed by atoms with Gasteiger partial charge < -0.3 is 0 Å². The van der Waals surface area contributed by atoms with E-state index in [4.69, 9.17) is 23.2 Å². The van der Waals surface area contributed by atoms with Gasteiger partial charge >= 0.3 is 0 Å². The molecule has 2 aromatic rings. The number of hydrogen-bond donors (Lipinski definition) is 0. The molecule has 1 heterocycles. The number of anilines is 1. The van der Waals surface area contributed by atoms with Crippen molar-refractivity contribution in [3.63, 3.8) is 0 Å². The lowest BCUT2D eigenvalue weighted by Crippen LogP contribution is -2.30. The number of carbonyl (C=O) groups excluding carboxylic acids is 2. The van der Waals surface area contributed by atoms with E-state index in [1.165, 1.54) is 4.90 Å². The van der Waals surface area contributed by atoms with Crippen LogP contribution in [-0.4, -0.2) is 11.8 Å². The highest BCUT2D eigenvalue weighted by Crippen LogP contribution is 2.39. The van der Waals surface area contributed by atoms with Gasteiger partial charge in [0, 0.05) is 14.5 Å². The highest BCUT2D eigenvalue weighted by Gasteiger charge is 2.46. The lowest BCUT2D eigenvalue weighted by atomic mass is 9.89. The van der Waals surface area contributed by atoms with Crippen LogP contribution in [0.3, 0.4) is 0 Å². The fourth-order valence-electron chi connectivity index (χ4n) is 2.83. The molecule has 0 N–H and O–H groups in total. The van der Waals surface area contributed by atoms with E-state index < -0.39 is 11.8 Å². The van der Waals surface area contributed by atoms with Gasteiger partial charge in [0.15, 0.2) is 0 Å². The Morgan fingerprint density at radius 2 is 1.52 bits per heavy atom. The van der Waals surface area contributed by atoms with E-state index in [0.29, 0.717) is 15.7 Å². The molecule has 3 rings (SSSR count). The number of benzene rings is 2. The summed E-state index contributed by atoms with van der Waals surface area (Å²) >= 11 is 15.4. The van der Waals surface area contributed by atoms with Crippen molar-refractivity contribution in [2.24, 2.45) is 5.92 Å². The largest absolute Gasteiger partial charge is 0.274 e. The van der Waals surface area contributed by atoms with Crippen LogP contribution in [0.4, 0.5) is 5.69 Å². The van der Waals surface area contributed by atoms with Crippen molar-refractivity contribution in [2.45, 2.75) is 12.8 Å². The first-order chi connectivity index (χ1) is 10.9. The van der Waals surface area contributed by atoms with E-state index in [9.17, 15) is 9.59 Å². The molecule has 0 saturated carbocycles. The summed E-state index contributed by atoms with van der Waals surface area (Å²) in [6, 6.07) is 12.1. The maximum Gasteiger partial charge on any atom is 0.242 e. The predicted molar refractivity (Wildman–Crippen MR) is 95.0 cm³/mol. The normalized spacial score (nSPS) is 21.1. The van der Waals surface area contributed by atoms with Gasteiger partial charge in [-0.25, -0.2) is 4.90 Å². The molecule has 118 valence electrons.